The third-order valence-electron chi connectivity index (χ3n) is 2.04. The lowest BCUT2D eigenvalue weighted by molar-refractivity contribution is -0.139. The third kappa shape index (κ3) is 4.70. The van der Waals surface area contributed by atoms with Gasteiger partial charge >= 0.3 is 0 Å². The van der Waals surface area contributed by atoms with Crippen LogP contribution >= 0.6 is 0 Å². The number of rotatable bonds is 8. The third-order valence-corrected chi connectivity index (χ3v) is 2.04. The van der Waals surface area contributed by atoms with E-state index >= 15 is 0 Å². The molecule has 0 bridgehead atoms. The molecule has 0 spiro atoms. The molecule has 0 saturated heterocycles. The van der Waals surface area contributed by atoms with Crippen LogP contribution in [0.5, 0.6) is 0 Å². The van der Waals surface area contributed by atoms with Gasteiger partial charge in [-0.25, -0.2) is 0 Å². The highest BCUT2D eigenvalue weighted by Gasteiger charge is 2.06. The Balaban J connectivity index is 2.16. The number of ether oxygens (including phenoxy) is 2. The minimum atomic E-state index is -0.701. The molecule has 0 saturated carbocycles. The van der Waals surface area contributed by atoms with E-state index in [1.54, 1.807) is 0 Å². The van der Waals surface area contributed by atoms with Crippen molar-refractivity contribution >= 4 is 12.8 Å². The fourth-order valence-corrected chi connectivity index (χ4v) is 1.20. The van der Waals surface area contributed by atoms with Crippen LogP contribution < -0.4 is 0 Å². The van der Waals surface area contributed by atoms with E-state index in [9.17, 15) is 9.59 Å². The van der Waals surface area contributed by atoms with Crippen LogP contribution in [0.2, 0.25) is 0 Å². The Hall–Kier alpha value is -1.68. The normalized spacial score (nSPS) is 11.8. The number of hydrogen-bond acceptors (Lipinski definition) is 4. The second-order valence-electron chi connectivity index (χ2n) is 3.23. The minimum absolute atomic E-state index is 0.274. The van der Waals surface area contributed by atoms with Crippen molar-refractivity contribution in [2.75, 3.05) is 6.61 Å². The van der Waals surface area contributed by atoms with E-state index in [1.165, 1.54) is 0 Å². The largest absolute Gasteiger partial charge is 0.457 e. The van der Waals surface area contributed by atoms with Crippen molar-refractivity contribution in [2.45, 2.75) is 19.1 Å². The number of aldehydes is 1. The van der Waals surface area contributed by atoms with Crippen LogP contribution in [0.3, 0.4) is 0 Å². The van der Waals surface area contributed by atoms with Gasteiger partial charge in [-0.1, -0.05) is 30.3 Å². The molecule has 16 heavy (non-hydrogen) atoms. The van der Waals surface area contributed by atoms with Gasteiger partial charge in [-0.15, -0.1) is 0 Å². The lowest BCUT2D eigenvalue weighted by Crippen LogP contribution is -2.16. The molecule has 0 heterocycles. The van der Waals surface area contributed by atoms with E-state index in [1.807, 2.05) is 30.3 Å². The molecule has 0 aliphatic heterocycles. The first-order chi connectivity index (χ1) is 7.86. The van der Waals surface area contributed by atoms with Gasteiger partial charge in [-0.3, -0.25) is 9.59 Å². The van der Waals surface area contributed by atoms with Crippen LogP contribution in [0.4, 0.5) is 0 Å². The molecule has 86 valence electrons. The molecule has 0 aliphatic carbocycles. The van der Waals surface area contributed by atoms with Crippen LogP contribution in [0, 0.1) is 0 Å². The SMILES string of the molecule is O=CO[C@@H](C=O)CCOCc1ccccc1. The summed E-state index contributed by atoms with van der Waals surface area (Å²) in [6, 6.07) is 9.72. The molecular formula is C12H14O4. The molecule has 4 heteroatoms. The second kappa shape index (κ2) is 7.59. The second-order valence-corrected chi connectivity index (χ2v) is 3.23. The predicted octanol–water partition coefficient (Wildman–Crippen LogP) is 1.33. The summed E-state index contributed by atoms with van der Waals surface area (Å²) >= 11 is 0. The molecule has 0 fully saturated rings. The maximum Gasteiger partial charge on any atom is 0.293 e. The maximum absolute atomic E-state index is 10.4. The first-order valence-corrected chi connectivity index (χ1v) is 5.03. The highest BCUT2D eigenvalue weighted by Crippen LogP contribution is 2.02. The zero-order valence-electron chi connectivity index (χ0n) is 8.87. The molecule has 1 aromatic rings. The van der Waals surface area contributed by atoms with Gasteiger partial charge < -0.3 is 9.47 Å². The van der Waals surface area contributed by atoms with Crippen molar-refractivity contribution in [3.8, 4) is 0 Å². The number of benzene rings is 1. The smallest absolute Gasteiger partial charge is 0.293 e. The Morgan fingerprint density at radius 3 is 2.56 bits per heavy atom. The van der Waals surface area contributed by atoms with Gasteiger partial charge in [0.1, 0.15) is 0 Å². The predicted molar refractivity (Wildman–Crippen MR) is 57.7 cm³/mol. The summed E-state index contributed by atoms with van der Waals surface area (Å²) in [5.41, 5.74) is 1.07. The average molecular weight is 222 g/mol. The van der Waals surface area contributed by atoms with Crippen molar-refractivity contribution < 1.29 is 19.1 Å². The van der Waals surface area contributed by atoms with E-state index < -0.39 is 6.10 Å². The molecule has 0 N–H and O–H groups in total. The maximum atomic E-state index is 10.4. The number of carbonyl (C=O) groups excluding carboxylic acids is 2. The molecule has 0 amide bonds. The Labute approximate surface area is 94.2 Å². The van der Waals surface area contributed by atoms with E-state index in [2.05, 4.69) is 4.74 Å². The van der Waals surface area contributed by atoms with Gasteiger partial charge in [-0.2, -0.15) is 0 Å². The van der Waals surface area contributed by atoms with Gasteiger partial charge in [-0.05, 0) is 5.56 Å². The first kappa shape index (κ1) is 12.4. The highest BCUT2D eigenvalue weighted by atomic mass is 16.5. The molecule has 4 nitrogen and oxygen atoms in total. The zero-order valence-corrected chi connectivity index (χ0v) is 8.87. The lowest BCUT2D eigenvalue weighted by Gasteiger charge is -2.08. The van der Waals surface area contributed by atoms with E-state index in [4.69, 9.17) is 4.74 Å². The monoisotopic (exact) mass is 222 g/mol. The van der Waals surface area contributed by atoms with Crippen LogP contribution in [0.15, 0.2) is 30.3 Å². The summed E-state index contributed by atoms with van der Waals surface area (Å²) in [7, 11) is 0. The first-order valence-electron chi connectivity index (χ1n) is 5.03. The highest BCUT2D eigenvalue weighted by molar-refractivity contribution is 5.58. The molecular weight excluding hydrogens is 208 g/mol. The fraction of sp³-hybridized carbons (Fsp3) is 0.333. The topological polar surface area (TPSA) is 52.6 Å². The van der Waals surface area contributed by atoms with Crippen molar-refractivity contribution in [3.63, 3.8) is 0 Å². The molecule has 0 radical (unpaired) electrons. The van der Waals surface area contributed by atoms with Gasteiger partial charge in [0.25, 0.3) is 6.47 Å². The van der Waals surface area contributed by atoms with E-state index in [0.717, 1.165) is 5.56 Å². The summed E-state index contributed by atoms with van der Waals surface area (Å²) in [6.45, 7) is 1.15. The minimum Gasteiger partial charge on any atom is -0.457 e. The van der Waals surface area contributed by atoms with Crippen molar-refractivity contribution in [1.82, 2.24) is 0 Å². The van der Waals surface area contributed by atoms with E-state index in [-0.39, 0.29) is 6.47 Å². The van der Waals surface area contributed by atoms with Gasteiger partial charge in [0, 0.05) is 6.42 Å². The average Bonchev–Trinajstić information content (AvgIpc) is 2.34. The van der Waals surface area contributed by atoms with Gasteiger partial charge in [0.15, 0.2) is 12.4 Å². The van der Waals surface area contributed by atoms with Crippen LogP contribution in [0.1, 0.15) is 12.0 Å². The summed E-state index contributed by atoms with van der Waals surface area (Å²) in [6.07, 6.45) is 0.281. The summed E-state index contributed by atoms with van der Waals surface area (Å²) in [4.78, 5) is 20.4. The lowest BCUT2D eigenvalue weighted by atomic mass is 10.2. The Kier molecular flexibility index (Phi) is 5.88. The number of carbonyl (C=O) groups is 2. The summed E-state index contributed by atoms with van der Waals surface area (Å²) in [5, 5.41) is 0. The molecule has 1 rings (SSSR count). The molecule has 0 aromatic heterocycles. The molecule has 0 unspecified atom stereocenters. The molecule has 0 aliphatic rings. The van der Waals surface area contributed by atoms with Crippen molar-refractivity contribution in [2.24, 2.45) is 0 Å². The molecule has 1 aromatic carbocycles. The zero-order chi connectivity index (χ0) is 11.6. The summed E-state index contributed by atoms with van der Waals surface area (Å²) < 4.78 is 9.86. The Bertz CT molecular complexity index is 310. The van der Waals surface area contributed by atoms with Crippen LogP contribution in [-0.4, -0.2) is 25.5 Å². The van der Waals surface area contributed by atoms with E-state index in [0.29, 0.717) is 25.9 Å². The van der Waals surface area contributed by atoms with Gasteiger partial charge in [0.05, 0.1) is 13.2 Å². The Morgan fingerprint density at radius 1 is 1.19 bits per heavy atom. The summed E-state index contributed by atoms with van der Waals surface area (Å²) in [5.74, 6) is 0. The standard InChI is InChI=1S/C12H14O4/c13-8-12(16-10-14)6-7-15-9-11-4-2-1-3-5-11/h1-5,8,10,12H,6-7,9H2/t12-/m1/s1. The Morgan fingerprint density at radius 2 is 1.94 bits per heavy atom. The van der Waals surface area contributed by atoms with Crippen molar-refractivity contribution in [3.05, 3.63) is 35.9 Å². The fourth-order valence-electron chi connectivity index (χ4n) is 1.20. The molecule has 1 atom stereocenters. The van der Waals surface area contributed by atoms with Crippen molar-refractivity contribution in [1.29, 1.82) is 0 Å². The number of hydrogen-bond donors (Lipinski definition) is 0. The quantitative estimate of drug-likeness (QED) is 0.492. The van der Waals surface area contributed by atoms with Gasteiger partial charge in [0.2, 0.25) is 0 Å². The van der Waals surface area contributed by atoms with Crippen LogP contribution in [0.25, 0.3) is 0 Å². The van der Waals surface area contributed by atoms with Crippen LogP contribution in [-0.2, 0) is 25.7 Å².